The van der Waals surface area contributed by atoms with Crippen LogP contribution in [0, 0.1) is 0 Å². The zero-order valence-corrected chi connectivity index (χ0v) is 11.3. The quantitative estimate of drug-likeness (QED) is 0.429. The normalized spacial score (nSPS) is 22.1. The lowest BCUT2D eigenvalue weighted by molar-refractivity contribution is -0.140. The average Bonchev–Trinajstić information content (AvgIpc) is 2.34. The lowest BCUT2D eigenvalue weighted by Gasteiger charge is -2.32. The van der Waals surface area contributed by atoms with Crippen LogP contribution >= 0.6 is 0 Å². The molecule has 0 spiro atoms. The van der Waals surface area contributed by atoms with E-state index >= 15 is 0 Å². The van der Waals surface area contributed by atoms with E-state index in [0.29, 0.717) is 13.0 Å². The van der Waals surface area contributed by atoms with E-state index in [0.717, 1.165) is 0 Å². The summed E-state index contributed by atoms with van der Waals surface area (Å²) in [6.45, 7) is 9.85. The molecular formula is C12H21BO4. The van der Waals surface area contributed by atoms with Gasteiger partial charge in [-0.05, 0) is 34.1 Å². The lowest BCUT2D eigenvalue weighted by Crippen LogP contribution is -2.41. The first-order valence-corrected chi connectivity index (χ1v) is 5.90. The molecule has 1 heterocycles. The molecule has 4 nitrogen and oxygen atoms in total. The molecule has 0 aromatic heterocycles. The largest absolute Gasteiger partial charge is 0.486 e. The molecule has 0 saturated carbocycles. The van der Waals surface area contributed by atoms with E-state index in [-0.39, 0.29) is 24.3 Å². The van der Waals surface area contributed by atoms with Crippen molar-refractivity contribution in [3.05, 3.63) is 12.1 Å². The van der Waals surface area contributed by atoms with Crippen LogP contribution in [0.4, 0.5) is 0 Å². The van der Waals surface area contributed by atoms with Crippen molar-refractivity contribution in [3.63, 3.8) is 0 Å². The maximum atomic E-state index is 10.5. The third-order valence-electron chi connectivity index (χ3n) is 3.15. The van der Waals surface area contributed by atoms with Crippen molar-refractivity contribution >= 4 is 13.1 Å². The molecule has 0 unspecified atom stereocenters. The number of hydrogen-bond acceptors (Lipinski definition) is 4. The molecule has 5 heteroatoms. The average molecular weight is 240 g/mol. The van der Waals surface area contributed by atoms with Crippen LogP contribution in [0.5, 0.6) is 0 Å². The van der Waals surface area contributed by atoms with E-state index in [1.54, 1.807) is 0 Å². The Morgan fingerprint density at radius 3 is 2.24 bits per heavy atom. The minimum Gasteiger partial charge on any atom is -0.466 e. The summed E-state index contributed by atoms with van der Waals surface area (Å²) in [6, 6.07) is 0. The molecule has 0 radical (unpaired) electrons. The highest BCUT2D eigenvalue weighted by Crippen LogP contribution is 2.36. The summed E-state index contributed by atoms with van der Waals surface area (Å²) >= 11 is 0. The topological polar surface area (TPSA) is 44.8 Å². The third-order valence-corrected chi connectivity index (χ3v) is 3.15. The van der Waals surface area contributed by atoms with Gasteiger partial charge in [0.1, 0.15) is 0 Å². The van der Waals surface area contributed by atoms with E-state index in [1.807, 2.05) is 39.7 Å². The first kappa shape index (κ1) is 14.3. The molecule has 0 aliphatic carbocycles. The number of carbonyl (C=O) groups excluding carboxylic acids is 1. The fraction of sp³-hybridized carbons (Fsp3) is 0.750. The molecule has 17 heavy (non-hydrogen) atoms. The van der Waals surface area contributed by atoms with E-state index < -0.39 is 0 Å². The first-order chi connectivity index (χ1) is 7.74. The molecule has 0 bridgehead atoms. The Labute approximate surface area is 103 Å². The maximum Gasteiger partial charge on any atom is 0.486 e. The summed E-state index contributed by atoms with van der Waals surface area (Å²) in [5.74, 6) is 1.61. The predicted molar refractivity (Wildman–Crippen MR) is 66.5 cm³/mol. The predicted octanol–water partition coefficient (Wildman–Crippen LogP) is 2.13. The Morgan fingerprint density at radius 1 is 1.24 bits per heavy atom. The zero-order valence-electron chi connectivity index (χ0n) is 11.3. The number of carbonyl (C=O) groups is 1. The summed E-state index contributed by atoms with van der Waals surface area (Å²) in [7, 11) is -0.322. The number of rotatable bonds is 4. The van der Waals surface area contributed by atoms with Gasteiger partial charge in [0, 0.05) is 6.92 Å². The van der Waals surface area contributed by atoms with Crippen LogP contribution in [0.25, 0.3) is 0 Å². The molecule has 0 atom stereocenters. The van der Waals surface area contributed by atoms with Gasteiger partial charge in [-0.3, -0.25) is 4.79 Å². The molecule has 1 saturated heterocycles. The SMILES string of the molecule is CC(=O)OCC/C=C/B1OC(C)(C)C(C)(C)O1. The molecule has 1 aliphatic rings. The van der Waals surface area contributed by atoms with Crippen LogP contribution in [-0.2, 0) is 18.8 Å². The lowest BCUT2D eigenvalue weighted by atomic mass is 9.90. The van der Waals surface area contributed by atoms with Gasteiger partial charge in [-0.1, -0.05) is 12.1 Å². The van der Waals surface area contributed by atoms with Crippen LogP contribution in [0.1, 0.15) is 41.0 Å². The van der Waals surface area contributed by atoms with Gasteiger partial charge in [0.2, 0.25) is 0 Å². The summed E-state index contributed by atoms with van der Waals surface area (Å²) in [4.78, 5) is 10.5. The Hall–Kier alpha value is -0.805. The van der Waals surface area contributed by atoms with Gasteiger partial charge in [-0.2, -0.15) is 0 Å². The van der Waals surface area contributed by atoms with E-state index in [2.05, 4.69) is 0 Å². The summed E-state index contributed by atoms with van der Waals surface area (Å²) < 4.78 is 16.4. The van der Waals surface area contributed by atoms with E-state index in [1.165, 1.54) is 6.92 Å². The van der Waals surface area contributed by atoms with E-state index in [9.17, 15) is 4.79 Å². The molecule has 1 fully saturated rings. The van der Waals surface area contributed by atoms with Crippen molar-refractivity contribution in [2.45, 2.75) is 52.2 Å². The second-order valence-electron chi connectivity index (χ2n) is 5.18. The third kappa shape index (κ3) is 3.86. The minimum atomic E-state index is -0.322. The van der Waals surface area contributed by atoms with Crippen molar-refractivity contribution in [3.8, 4) is 0 Å². The molecule has 1 rings (SSSR count). The summed E-state index contributed by atoms with van der Waals surface area (Å²) in [6.07, 6.45) is 2.58. The Kier molecular flexibility index (Phi) is 4.39. The Bertz CT molecular complexity index is 294. The van der Waals surface area contributed by atoms with Gasteiger partial charge < -0.3 is 14.0 Å². The van der Waals surface area contributed by atoms with Crippen LogP contribution in [-0.4, -0.2) is 30.9 Å². The standard InChI is InChI=1S/C12H21BO4/c1-10(14)15-9-7-6-8-13-16-11(2,3)12(4,5)17-13/h6,8H,7,9H2,1-5H3/b8-6+. The smallest absolute Gasteiger partial charge is 0.466 e. The number of hydrogen-bond donors (Lipinski definition) is 0. The molecule has 96 valence electrons. The molecular weight excluding hydrogens is 219 g/mol. The van der Waals surface area contributed by atoms with Crippen LogP contribution < -0.4 is 0 Å². The highest BCUT2D eigenvalue weighted by atomic mass is 16.7. The zero-order chi connectivity index (χ0) is 13.1. The molecule has 0 aromatic carbocycles. The summed E-state index contributed by atoms with van der Waals surface area (Å²) in [5, 5.41) is 0. The monoisotopic (exact) mass is 240 g/mol. The van der Waals surface area contributed by atoms with Crippen LogP contribution in [0.3, 0.4) is 0 Å². The van der Waals surface area contributed by atoms with Gasteiger partial charge in [0.15, 0.2) is 0 Å². The minimum absolute atomic E-state index is 0.256. The molecule has 0 amide bonds. The number of ether oxygens (including phenoxy) is 1. The fourth-order valence-electron chi connectivity index (χ4n) is 1.45. The Balaban J connectivity index is 2.35. The van der Waals surface area contributed by atoms with Crippen molar-refractivity contribution in [2.24, 2.45) is 0 Å². The number of esters is 1. The van der Waals surface area contributed by atoms with Crippen LogP contribution in [0.2, 0.25) is 0 Å². The van der Waals surface area contributed by atoms with Crippen LogP contribution in [0.15, 0.2) is 12.1 Å². The highest BCUT2D eigenvalue weighted by molar-refractivity contribution is 6.51. The fourth-order valence-corrected chi connectivity index (χ4v) is 1.45. The van der Waals surface area contributed by atoms with Gasteiger partial charge in [-0.15, -0.1) is 0 Å². The molecule has 0 N–H and O–H groups in total. The van der Waals surface area contributed by atoms with Gasteiger partial charge in [0.05, 0.1) is 17.8 Å². The van der Waals surface area contributed by atoms with Crippen molar-refractivity contribution in [1.29, 1.82) is 0 Å². The van der Waals surface area contributed by atoms with Crippen molar-refractivity contribution in [1.82, 2.24) is 0 Å². The second kappa shape index (κ2) is 5.23. The van der Waals surface area contributed by atoms with Crippen molar-refractivity contribution < 1.29 is 18.8 Å². The molecule has 1 aliphatic heterocycles. The van der Waals surface area contributed by atoms with E-state index in [4.69, 9.17) is 14.0 Å². The molecule has 0 aromatic rings. The van der Waals surface area contributed by atoms with Crippen molar-refractivity contribution in [2.75, 3.05) is 6.61 Å². The second-order valence-corrected chi connectivity index (χ2v) is 5.18. The van der Waals surface area contributed by atoms with Gasteiger partial charge in [-0.25, -0.2) is 0 Å². The Morgan fingerprint density at radius 2 is 1.76 bits per heavy atom. The van der Waals surface area contributed by atoms with Gasteiger partial charge in [0.25, 0.3) is 0 Å². The highest BCUT2D eigenvalue weighted by Gasteiger charge is 2.49. The maximum absolute atomic E-state index is 10.5. The van der Waals surface area contributed by atoms with Gasteiger partial charge >= 0.3 is 13.1 Å². The first-order valence-electron chi connectivity index (χ1n) is 5.90. The summed E-state index contributed by atoms with van der Waals surface area (Å²) in [5.41, 5.74) is -0.615.